The highest BCUT2D eigenvalue weighted by Gasteiger charge is 2.05. The van der Waals surface area contributed by atoms with Gasteiger partial charge in [0, 0.05) is 25.7 Å². The summed E-state index contributed by atoms with van der Waals surface area (Å²) in [6.45, 7) is 1.71. The summed E-state index contributed by atoms with van der Waals surface area (Å²) in [4.78, 5) is 4.39. The number of benzene rings is 1. The van der Waals surface area contributed by atoms with Crippen molar-refractivity contribution in [2.45, 2.75) is 13.0 Å². The summed E-state index contributed by atoms with van der Waals surface area (Å²) < 4.78 is 12.6. The first kappa shape index (κ1) is 14.4. The zero-order valence-electron chi connectivity index (χ0n) is 12.2. The van der Waals surface area contributed by atoms with Gasteiger partial charge in [-0.1, -0.05) is 6.07 Å². The summed E-state index contributed by atoms with van der Waals surface area (Å²) in [6.07, 6.45) is 4.88. The van der Waals surface area contributed by atoms with Crippen molar-refractivity contribution in [1.29, 1.82) is 0 Å². The van der Waals surface area contributed by atoms with Crippen LogP contribution in [-0.2, 0) is 13.0 Å². The lowest BCUT2D eigenvalue weighted by atomic mass is 10.2. The van der Waals surface area contributed by atoms with E-state index in [2.05, 4.69) is 21.1 Å². The molecular formula is C15H21N3O2. The molecule has 2 rings (SSSR count). The standard InChI is InChI=1S/C15H21N3O2/c1-16-7-6-13-10-18(11-17-13)9-12-4-5-14(19-2)15(8-12)20-3/h4-5,8,10-11,16H,6-7,9H2,1-3H3. The highest BCUT2D eigenvalue weighted by Crippen LogP contribution is 2.27. The predicted molar refractivity (Wildman–Crippen MR) is 78.5 cm³/mol. The summed E-state index contributed by atoms with van der Waals surface area (Å²) in [6, 6.07) is 5.95. The molecule has 5 heteroatoms. The quantitative estimate of drug-likeness (QED) is 0.835. The first-order chi connectivity index (χ1) is 9.76. The van der Waals surface area contributed by atoms with Crippen molar-refractivity contribution in [2.75, 3.05) is 27.8 Å². The number of hydrogen-bond donors (Lipinski definition) is 1. The maximum Gasteiger partial charge on any atom is 0.161 e. The Morgan fingerprint density at radius 3 is 2.70 bits per heavy atom. The number of ether oxygens (including phenoxy) is 2. The van der Waals surface area contributed by atoms with Crippen LogP contribution < -0.4 is 14.8 Å². The summed E-state index contributed by atoms with van der Waals surface area (Å²) in [5, 5.41) is 3.12. The molecule has 108 valence electrons. The van der Waals surface area contributed by atoms with Crippen molar-refractivity contribution in [3.05, 3.63) is 42.0 Å². The molecule has 1 aromatic carbocycles. The molecule has 0 atom stereocenters. The molecule has 0 aliphatic carbocycles. The Labute approximate surface area is 119 Å². The normalized spacial score (nSPS) is 10.6. The van der Waals surface area contributed by atoms with Crippen molar-refractivity contribution in [3.63, 3.8) is 0 Å². The Kier molecular flexibility index (Phi) is 5.01. The fraction of sp³-hybridized carbons (Fsp3) is 0.400. The van der Waals surface area contributed by atoms with Gasteiger partial charge in [-0.25, -0.2) is 4.98 Å². The molecule has 20 heavy (non-hydrogen) atoms. The molecule has 1 aromatic heterocycles. The minimum atomic E-state index is 0.747. The molecule has 0 aliphatic rings. The molecule has 5 nitrogen and oxygen atoms in total. The fourth-order valence-corrected chi connectivity index (χ4v) is 2.06. The molecule has 2 aromatic rings. The smallest absolute Gasteiger partial charge is 0.161 e. The van der Waals surface area contributed by atoms with Crippen LogP contribution in [0.3, 0.4) is 0 Å². The molecular weight excluding hydrogens is 254 g/mol. The van der Waals surface area contributed by atoms with Gasteiger partial charge >= 0.3 is 0 Å². The van der Waals surface area contributed by atoms with Crippen molar-refractivity contribution < 1.29 is 9.47 Å². The van der Waals surface area contributed by atoms with Crippen molar-refractivity contribution in [2.24, 2.45) is 0 Å². The third-order valence-electron chi connectivity index (χ3n) is 3.13. The van der Waals surface area contributed by atoms with Gasteiger partial charge in [0.25, 0.3) is 0 Å². The monoisotopic (exact) mass is 275 g/mol. The van der Waals surface area contributed by atoms with E-state index in [9.17, 15) is 0 Å². The Morgan fingerprint density at radius 1 is 1.20 bits per heavy atom. The second kappa shape index (κ2) is 6.96. The van der Waals surface area contributed by atoms with Gasteiger partial charge < -0.3 is 19.4 Å². The highest BCUT2D eigenvalue weighted by atomic mass is 16.5. The first-order valence-electron chi connectivity index (χ1n) is 6.63. The lowest BCUT2D eigenvalue weighted by Gasteiger charge is -2.09. The number of aromatic nitrogens is 2. The van der Waals surface area contributed by atoms with Gasteiger partial charge in [-0.2, -0.15) is 0 Å². The van der Waals surface area contributed by atoms with Crippen molar-refractivity contribution in [1.82, 2.24) is 14.9 Å². The average molecular weight is 275 g/mol. The van der Waals surface area contributed by atoms with E-state index < -0.39 is 0 Å². The minimum absolute atomic E-state index is 0.747. The van der Waals surface area contributed by atoms with Gasteiger partial charge in [0.2, 0.25) is 0 Å². The lowest BCUT2D eigenvalue weighted by Crippen LogP contribution is -2.10. The number of rotatable bonds is 7. The first-order valence-corrected chi connectivity index (χ1v) is 6.63. The predicted octanol–water partition coefficient (Wildman–Crippen LogP) is 1.71. The largest absolute Gasteiger partial charge is 0.493 e. The number of methoxy groups -OCH3 is 2. The lowest BCUT2D eigenvalue weighted by molar-refractivity contribution is 0.354. The number of imidazole rings is 1. The van der Waals surface area contributed by atoms with Crippen LogP contribution in [0.4, 0.5) is 0 Å². The molecule has 0 fully saturated rings. The summed E-state index contributed by atoms with van der Waals surface area (Å²) in [5.41, 5.74) is 2.25. The summed E-state index contributed by atoms with van der Waals surface area (Å²) in [7, 11) is 5.23. The molecule has 0 saturated carbocycles. The SMILES string of the molecule is CNCCc1cn(Cc2ccc(OC)c(OC)c2)cn1. The van der Waals surface area contributed by atoms with Crippen LogP contribution in [0.25, 0.3) is 0 Å². The molecule has 0 amide bonds. The van der Waals surface area contributed by atoms with Crippen LogP contribution in [0.1, 0.15) is 11.3 Å². The second-order valence-electron chi connectivity index (χ2n) is 4.58. The number of hydrogen-bond acceptors (Lipinski definition) is 4. The topological polar surface area (TPSA) is 48.3 Å². The zero-order chi connectivity index (χ0) is 14.4. The third kappa shape index (κ3) is 3.51. The zero-order valence-corrected chi connectivity index (χ0v) is 12.2. The Bertz CT molecular complexity index is 552. The van der Waals surface area contributed by atoms with E-state index in [0.717, 1.165) is 42.3 Å². The van der Waals surface area contributed by atoms with E-state index in [1.165, 1.54) is 0 Å². The van der Waals surface area contributed by atoms with Gasteiger partial charge in [-0.15, -0.1) is 0 Å². The van der Waals surface area contributed by atoms with Crippen LogP contribution >= 0.6 is 0 Å². The van der Waals surface area contributed by atoms with Crippen molar-refractivity contribution >= 4 is 0 Å². The third-order valence-corrected chi connectivity index (χ3v) is 3.13. The van der Waals surface area contributed by atoms with E-state index in [4.69, 9.17) is 9.47 Å². The van der Waals surface area contributed by atoms with E-state index in [-0.39, 0.29) is 0 Å². The van der Waals surface area contributed by atoms with E-state index in [1.807, 2.05) is 31.6 Å². The maximum atomic E-state index is 5.31. The molecule has 0 spiro atoms. The molecule has 0 unspecified atom stereocenters. The Morgan fingerprint density at radius 2 is 2.00 bits per heavy atom. The molecule has 1 heterocycles. The number of nitrogens with zero attached hydrogens (tertiary/aromatic N) is 2. The van der Waals surface area contributed by atoms with Crippen molar-refractivity contribution in [3.8, 4) is 11.5 Å². The Balaban J connectivity index is 2.07. The van der Waals surface area contributed by atoms with Gasteiger partial charge in [0.1, 0.15) is 0 Å². The van der Waals surface area contributed by atoms with E-state index >= 15 is 0 Å². The Hall–Kier alpha value is -2.01. The highest BCUT2D eigenvalue weighted by molar-refractivity contribution is 5.42. The van der Waals surface area contributed by atoms with E-state index in [0.29, 0.717) is 0 Å². The van der Waals surface area contributed by atoms with Crippen LogP contribution in [0.15, 0.2) is 30.7 Å². The van der Waals surface area contributed by atoms with Crippen LogP contribution in [0.5, 0.6) is 11.5 Å². The molecule has 0 bridgehead atoms. The summed E-state index contributed by atoms with van der Waals surface area (Å²) in [5.74, 6) is 1.50. The van der Waals surface area contributed by atoms with Gasteiger partial charge in [0.15, 0.2) is 11.5 Å². The van der Waals surface area contributed by atoms with Crippen LogP contribution in [0, 0.1) is 0 Å². The molecule has 1 N–H and O–H groups in total. The average Bonchev–Trinajstić information content (AvgIpc) is 2.92. The van der Waals surface area contributed by atoms with Gasteiger partial charge in [0.05, 0.1) is 26.2 Å². The van der Waals surface area contributed by atoms with Gasteiger partial charge in [-0.05, 0) is 24.7 Å². The second-order valence-corrected chi connectivity index (χ2v) is 4.58. The maximum absolute atomic E-state index is 5.31. The molecule has 0 saturated heterocycles. The number of likely N-dealkylation sites (N-methyl/N-ethyl adjacent to an activating group) is 1. The fourth-order valence-electron chi connectivity index (χ4n) is 2.06. The summed E-state index contributed by atoms with van der Waals surface area (Å²) >= 11 is 0. The van der Waals surface area contributed by atoms with Crippen LogP contribution in [-0.4, -0.2) is 37.4 Å². The minimum Gasteiger partial charge on any atom is -0.493 e. The molecule has 0 aliphatic heterocycles. The van der Waals surface area contributed by atoms with Gasteiger partial charge in [-0.3, -0.25) is 0 Å². The van der Waals surface area contributed by atoms with E-state index in [1.54, 1.807) is 14.2 Å². The molecule has 0 radical (unpaired) electrons. The number of nitrogens with one attached hydrogen (secondary N) is 1. The van der Waals surface area contributed by atoms with Crippen LogP contribution in [0.2, 0.25) is 0 Å².